The molecule has 1 N–H and O–H groups in total. The van der Waals surface area contributed by atoms with Crippen LogP contribution in [0.4, 0.5) is 4.79 Å². The largest absolute Gasteiger partial charge is 0.480 e. The van der Waals surface area contributed by atoms with Gasteiger partial charge >= 0.3 is 12.0 Å². The van der Waals surface area contributed by atoms with Crippen LogP contribution in [0.25, 0.3) is 0 Å². The Morgan fingerprint density at radius 1 is 1.60 bits per heavy atom. The minimum Gasteiger partial charge on any atom is -0.480 e. The van der Waals surface area contributed by atoms with Gasteiger partial charge in [0, 0.05) is 13.1 Å². The van der Waals surface area contributed by atoms with Crippen molar-refractivity contribution in [2.24, 2.45) is 5.92 Å². The highest BCUT2D eigenvalue weighted by Gasteiger charge is 2.40. The highest BCUT2D eigenvalue weighted by Crippen LogP contribution is 2.17. The molecule has 0 radical (unpaired) electrons. The number of carbonyl (C=O) groups is 2. The number of urea groups is 1. The minimum atomic E-state index is -0.920. The molecule has 0 spiro atoms. The van der Waals surface area contributed by atoms with E-state index >= 15 is 0 Å². The number of hydrogen-bond acceptors (Lipinski definition) is 2. The van der Waals surface area contributed by atoms with Crippen molar-refractivity contribution in [1.82, 2.24) is 9.80 Å². The van der Waals surface area contributed by atoms with E-state index in [9.17, 15) is 9.59 Å². The molecule has 0 aromatic rings. The first-order valence-electron chi connectivity index (χ1n) is 5.25. The van der Waals surface area contributed by atoms with E-state index < -0.39 is 12.0 Å². The lowest BCUT2D eigenvalue weighted by Crippen LogP contribution is -2.39. The minimum absolute atomic E-state index is 0.154. The third kappa shape index (κ3) is 2.40. The van der Waals surface area contributed by atoms with Gasteiger partial charge in [-0.2, -0.15) is 0 Å². The first-order valence-corrected chi connectivity index (χ1v) is 5.25. The standard InChI is InChI=1S/C10H18N2O3/c1-4-12-8(9(13)14)6-11(10(12)15)5-7(2)3/h7-8H,4-6H2,1-3H3,(H,13,14). The van der Waals surface area contributed by atoms with Crippen LogP contribution in [0.3, 0.4) is 0 Å². The average Bonchev–Trinajstić information content (AvgIpc) is 2.43. The molecule has 0 aromatic heterocycles. The third-order valence-electron chi connectivity index (χ3n) is 2.50. The zero-order chi connectivity index (χ0) is 11.6. The van der Waals surface area contributed by atoms with Crippen LogP contribution < -0.4 is 0 Å². The second-order valence-electron chi connectivity index (χ2n) is 4.22. The van der Waals surface area contributed by atoms with Crippen LogP contribution >= 0.6 is 0 Å². The topological polar surface area (TPSA) is 60.9 Å². The summed E-state index contributed by atoms with van der Waals surface area (Å²) in [4.78, 5) is 25.7. The van der Waals surface area contributed by atoms with Crippen LogP contribution in [-0.4, -0.2) is 52.6 Å². The summed E-state index contributed by atoms with van der Waals surface area (Å²) in [5.74, 6) is -0.559. The Morgan fingerprint density at radius 3 is 2.53 bits per heavy atom. The summed E-state index contributed by atoms with van der Waals surface area (Å²) in [5, 5.41) is 8.96. The molecular weight excluding hydrogens is 196 g/mol. The second-order valence-corrected chi connectivity index (χ2v) is 4.22. The Morgan fingerprint density at radius 2 is 2.20 bits per heavy atom. The summed E-state index contributed by atoms with van der Waals surface area (Å²) in [6.07, 6.45) is 0. The molecule has 1 aliphatic heterocycles. The Labute approximate surface area is 89.7 Å². The van der Waals surface area contributed by atoms with Crippen LogP contribution in [-0.2, 0) is 4.79 Å². The first-order chi connectivity index (χ1) is 6.97. The molecule has 1 heterocycles. The van der Waals surface area contributed by atoms with E-state index in [4.69, 9.17) is 5.11 Å². The Hall–Kier alpha value is -1.26. The van der Waals surface area contributed by atoms with Gasteiger partial charge in [-0.15, -0.1) is 0 Å². The van der Waals surface area contributed by atoms with Crippen molar-refractivity contribution in [3.05, 3.63) is 0 Å². The Balaban J connectivity index is 2.73. The van der Waals surface area contributed by atoms with Gasteiger partial charge in [0.2, 0.25) is 0 Å². The molecular formula is C10H18N2O3. The highest BCUT2D eigenvalue weighted by atomic mass is 16.4. The summed E-state index contributed by atoms with van der Waals surface area (Å²) >= 11 is 0. The van der Waals surface area contributed by atoms with Crippen molar-refractivity contribution in [2.45, 2.75) is 26.8 Å². The fraction of sp³-hybridized carbons (Fsp3) is 0.800. The number of carbonyl (C=O) groups excluding carboxylic acids is 1. The smallest absolute Gasteiger partial charge is 0.328 e. The summed E-state index contributed by atoms with van der Waals surface area (Å²) < 4.78 is 0. The SMILES string of the molecule is CCN1C(=O)N(CC(C)C)CC1C(=O)O. The fourth-order valence-electron chi connectivity index (χ4n) is 1.86. The van der Waals surface area contributed by atoms with E-state index in [1.54, 1.807) is 11.8 Å². The Kier molecular flexibility index (Phi) is 3.55. The van der Waals surface area contributed by atoms with Gasteiger partial charge in [-0.05, 0) is 12.8 Å². The summed E-state index contributed by atoms with van der Waals surface area (Å²) in [6, 6.07) is -0.833. The normalized spacial score (nSPS) is 21.6. The monoisotopic (exact) mass is 214 g/mol. The second kappa shape index (κ2) is 4.51. The molecule has 1 fully saturated rings. The van der Waals surface area contributed by atoms with Crippen molar-refractivity contribution >= 4 is 12.0 Å². The summed E-state index contributed by atoms with van der Waals surface area (Å²) in [7, 11) is 0. The van der Waals surface area contributed by atoms with Gasteiger partial charge in [0.05, 0.1) is 6.54 Å². The zero-order valence-electron chi connectivity index (χ0n) is 9.43. The first kappa shape index (κ1) is 11.8. The molecule has 1 aliphatic rings. The van der Waals surface area contributed by atoms with Crippen molar-refractivity contribution in [3.8, 4) is 0 Å². The quantitative estimate of drug-likeness (QED) is 0.754. The molecule has 2 amide bonds. The van der Waals surface area contributed by atoms with Gasteiger partial charge in [-0.3, -0.25) is 0 Å². The lowest BCUT2D eigenvalue weighted by atomic mass is 10.2. The van der Waals surface area contributed by atoms with E-state index in [0.29, 0.717) is 25.6 Å². The maximum absolute atomic E-state index is 11.8. The van der Waals surface area contributed by atoms with Crippen molar-refractivity contribution in [2.75, 3.05) is 19.6 Å². The molecule has 0 saturated carbocycles. The van der Waals surface area contributed by atoms with E-state index in [0.717, 1.165) is 0 Å². The third-order valence-corrected chi connectivity index (χ3v) is 2.50. The number of rotatable bonds is 4. The summed E-state index contributed by atoms with van der Waals surface area (Å²) in [6.45, 7) is 7.20. The number of likely N-dealkylation sites (N-methyl/N-ethyl adjacent to an activating group) is 1. The predicted molar refractivity (Wildman–Crippen MR) is 55.6 cm³/mol. The zero-order valence-corrected chi connectivity index (χ0v) is 9.43. The van der Waals surface area contributed by atoms with Crippen molar-refractivity contribution < 1.29 is 14.7 Å². The molecule has 0 aliphatic carbocycles. The van der Waals surface area contributed by atoms with Crippen molar-refractivity contribution in [3.63, 3.8) is 0 Å². The number of amides is 2. The number of aliphatic carboxylic acids is 1. The van der Waals surface area contributed by atoms with E-state index in [1.165, 1.54) is 4.90 Å². The molecule has 0 aromatic carbocycles. The maximum atomic E-state index is 11.8. The van der Waals surface area contributed by atoms with E-state index in [2.05, 4.69) is 0 Å². The number of carboxylic acids is 1. The highest BCUT2D eigenvalue weighted by molar-refractivity contribution is 5.86. The number of hydrogen-bond donors (Lipinski definition) is 1. The molecule has 1 atom stereocenters. The Bertz CT molecular complexity index is 265. The predicted octanol–water partition coefficient (Wildman–Crippen LogP) is 0.853. The van der Waals surface area contributed by atoms with Crippen LogP contribution in [0.1, 0.15) is 20.8 Å². The molecule has 1 unspecified atom stereocenters. The molecule has 86 valence electrons. The summed E-state index contributed by atoms with van der Waals surface area (Å²) in [5.41, 5.74) is 0. The molecule has 15 heavy (non-hydrogen) atoms. The lowest BCUT2D eigenvalue weighted by Gasteiger charge is -2.19. The van der Waals surface area contributed by atoms with Crippen molar-refractivity contribution in [1.29, 1.82) is 0 Å². The molecule has 1 rings (SSSR count). The van der Waals surface area contributed by atoms with Crippen LogP contribution in [0.5, 0.6) is 0 Å². The van der Waals surface area contributed by atoms with Crippen LogP contribution in [0.2, 0.25) is 0 Å². The number of nitrogens with zero attached hydrogens (tertiary/aromatic N) is 2. The van der Waals surface area contributed by atoms with E-state index in [-0.39, 0.29) is 6.03 Å². The maximum Gasteiger partial charge on any atom is 0.328 e. The van der Waals surface area contributed by atoms with Gasteiger partial charge in [-0.1, -0.05) is 13.8 Å². The van der Waals surface area contributed by atoms with Crippen LogP contribution in [0.15, 0.2) is 0 Å². The average molecular weight is 214 g/mol. The van der Waals surface area contributed by atoms with Gasteiger partial charge < -0.3 is 14.9 Å². The fourth-order valence-corrected chi connectivity index (χ4v) is 1.86. The molecule has 5 heteroatoms. The molecule has 5 nitrogen and oxygen atoms in total. The van der Waals surface area contributed by atoms with E-state index in [1.807, 2.05) is 13.8 Å². The van der Waals surface area contributed by atoms with Gasteiger partial charge in [0.25, 0.3) is 0 Å². The number of carboxylic acid groups (broad SMARTS) is 1. The lowest BCUT2D eigenvalue weighted by molar-refractivity contribution is -0.141. The molecule has 1 saturated heterocycles. The van der Waals surface area contributed by atoms with Gasteiger partial charge in [-0.25, -0.2) is 9.59 Å². The van der Waals surface area contributed by atoms with Crippen LogP contribution in [0, 0.1) is 5.92 Å². The molecule has 0 bridgehead atoms. The van der Waals surface area contributed by atoms with Gasteiger partial charge in [0.1, 0.15) is 6.04 Å². The van der Waals surface area contributed by atoms with Gasteiger partial charge in [0.15, 0.2) is 0 Å².